The number of likely N-dealkylation sites (N-methyl/N-ethyl adjacent to an activating group) is 1. The zero-order chi connectivity index (χ0) is 20.5. The maximum absolute atomic E-state index is 10.1. The third kappa shape index (κ3) is 5.49. The highest BCUT2D eigenvalue weighted by Gasteiger charge is 2.13. The first-order valence-electron chi connectivity index (χ1n) is 10.2. The number of hydrogen-bond donors (Lipinski definition) is 2. The third-order valence-electron chi connectivity index (χ3n) is 4.85. The number of nitrogens with one attached hydrogen (secondary N) is 1. The van der Waals surface area contributed by atoms with E-state index >= 15 is 0 Å². The van der Waals surface area contributed by atoms with Crippen molar-refractivity contribution in [3.8, 4) is 11.5 Å². The molecule has 3 nitrogen and oxygen atoms in total. The molecule has 0 atom stereocenters. The van der Waals surface area contributed by atoms with Crippen LogP contribution < -0.4 is 10.1 Å². The Balaban J connectivity index is 2.01. The molecule has 0 aliphatic rings. The van der Waals surface area contributed by atoms with Crippen molar-refractivity contribution in [3.05, 3.63) is 95.6 Å². The van der Waals surface area contributed by atoms with Crippen LogP contribution in [-0.4, -0.2) is 24.8 Å². The van der Waals surface area contributed by atoms with Crippen molar-refractivity contribution in [2.45, 2.75) is 20.3 Å². The van der Waals surface area contributed by atoms with Gasteiger partial charge in [0, 0.05) is 6.54 Å². The number of benzene rings is 3. The van der Waals surface area contributed by atoms with Crippen LogP contribution in [0.3, 0.4) is 0 Å². The Morgan fingerprint density at radius 3 is 2.21 bits per heavy atom. The van der Waals surface area contributed by atoms with Crippen LogP contribution >= 0.6 is 0 Å². The van der Waals surface area contributed by atoms with Gasteiger partial charge in [-0.1, -0.05) is 68.4 Å². The van der Waals surface area contributed by atoms with Crippen molar-refractivity contribution in [1.82, 2.24) is 5.32 Å². The van der Waals surface area contributed by atoms with Gasteiger partial charge in [0.1, 0.15) is 18.1 Å². The van der Waals surface area contributed by atoms with Gasteiger partial charge in [-0.05, 0) is 65.1 Å². The lowest BCUT2D eigenvalue weighted by Crippen LogP contribution is -2.20. The largest absolute Gasteiger partial charge is 0.508 e. The number of phenols is 1. The molecule has 0 amide bonds. The van der Waals surface area contributed by atoms with Gasteiger partial charge < -0.3 is 15.2 Å². The minimum atomic E-state index is 0.270. The summed E-state index contributed by atoms with van der Waals surface area (Å²) in [4.78, 5) is 0. The molecule has 0 aromatic heterocycles. The molecule has 3 aromatic carbocycles. The minimum absolute atomic E-state index is 0.270. The normalized spacial score (nSPS) is 11.8. The second-order valence-electron chi connectivity index (χ2n) is 6.85. The third-order valence-corrected chi connectivity index (χ3v) is 4.85. The van der Waals surface area contributed by atoms with Crippen molar-refractivity contribution >= 4 is 11.1 Å². The average Bonchev–Trinajstić information content (AvgIpc) is 2.76. The SMILES string of the molecule is CCNCCOc1ccc(/C(=C(\CC)c2ccccc2)c2cccc(O)c2)cc1. The molecule has 0 fully saturated rings. The highest BCUT2D eigenvalue weighted by molar-refractivity contribution is 5.98. The predicted octanol–water partition coefficient (Wildman–Crippen LogP) is 5.75. The summed E-state index contributed by atoms with van der Waals surface area (Å²) in [5.74, 6) is 1.13. The van der Waals surface area contributed by atoms with Crippen molar-refractivity contribution in [1.29, 1.82) is 0 Å². The molecule has 3 heteroatoms. The number of aromatic hydroxyl groups is 1. The van der Waals surface area contributed by atoms with E-state index in [2.05, 4.69) is 61.6 Å². The first-order chi connectivity index (χ1) is 14.2. The van der Waals surface area contributed by atoms with Gasteiger partial charge >= 0.3 is 0 Å². The molecule has 0 aliphatic heterocycles. The van der Waals surface area contributed by atoms with E-state index in [9.17, 15) is 5.11 Å². The molecule has 0 aliphatic carbocycles. The van der Waals surface area contributed by atoms with Gasteiger partial charge in [0.05, 0.1) is 0 Å². The minimum Gasteiger partial charge on any atom is -0.508 e. The molecule has 0 radical (unpaired) electrons. The summed E-state index contributed by atoms with van der Waals surface area (Å²) in [6, 6.07) is 26.1. The van der Waals surface area contributed by atoms with E-state index in [1.165, 1.54) is 11.1 Å². The van der Waals surface area contributed by atoms with Gasteiger partial charge in [-0.25, -0.2) is 0 Å². The Labute approximate surface area is 173 Å². The first kappa shape index (κ1) is 20.7. The quantitative estimate of drug-likeness (QED) is 0.363. The zero-order valence-corrected chi connectivity index (χ0v) is 17.2. The summed E-state index contributed by atoms with van der Waals surface area (Å²) in [7, 11) is 0. The predicted molar refractivity (Wildman–Crippen MR) is 121 cm³/mol. The summed E-state index contributed by atoms with van der Waals surface area (Å²) in [5, 5.41) is 13.3. The lowest BCUT2D eigenvalue weighted by Gasteiger charge is -2.17. The fraction of sp³-hybridized carbons (Fsp3) is 0.231. The molecule has 0 unspecified atom stereocenters. The van der Waals surface area contributed by atoms with E-state index < -0.39 is 0 Å². The van der Waals surface area contributed by atoms with E-state index in [0.717, 1.165) is 42.0 Å². The van der Waals surface area contributed by atoms with Gasteiger partial charge in [-0.15, -0.1) is 0 Å². The van der Waals surface area contributed by atoms with E-state index in [4.69, 9.17) is 4.74 Å². The number of hydrogen-bond acceptors (Lipinski definition) is 3. The van der Waals surface area contributed by atoms with Crippen LogP contribution in [0, 0.1) is 0 Å². The van der Waals surface area contributed by atoms with Crippen LogP contribution in [-0.2, 0) is 0 Å². The Morgan fingerprint density at radius 2 is 1.55 bits per heavy atom. The summed E-state index contributed by atoms with van der Waals surface area (Å²) in [6.07, 6.45) is 0.885. The molecule has 150 valence electrons. The van der Waals surface area contributed by atoms with E-state index in [-0.39, 0.29) is 5.75 Å². The van der Waals surface area contributed by atoms with Gasteiger partial charge in [0.25, 0.3) is 0 Å². The van der Waals surface area contributed by atoms with Gasteiger partial charge in [-0.2, -0.15) is 0 Å². The second kappa shape index (κ2) is 10.5. The number of phenolic OH excluding ortho intramolecular Hbond substituents is 1. The highest BCUT2D eigenvalue weighted by atomic mass is 16.5. The molecule has 0 saturated carbocycles. The van der Waals surface area contributed by atoms with Crippen LogP contribution in [0.5, 0.6) is 11.5 Å². The molecule has 2 N–H and O–H groups in total. The van der Waals surface area contributed by atoms with Crippen LogP contribution in [0.2, 0.25) is 0 Å². The van der Waals surface area contributed by atoms with Crippen LogP contribution in [0.15, 0.2) is 78.9 Å². The Hall–Kier alpha value is -3.04. The van der Waals surface area contributed by atoms with Gasteiger partial charge in [0.15, 0.2) is 0 Å². The fourth-order valence-electron chi connectivity index (χ4n) is 3.48. The van der Waals surface area contributed by atoms with Crippen LogP contribution in [0.25, 0.3) is 11.1 Å². The van der Waals surface area contributed by atoms with Crippen molar-refractivity contribution in [3.63, 3.8) is 0 Å². The molecule has 0 bridgehead atoms. The summed E-state index contributed by atoms with van der Waals surface area (Å²) in [6.45, 7) is 6.68. The first-order valence-corrected chi connectivity index (χ1v) is 10.2. The Morgan fingerprint density at radius 1 is 0.828 bits per heavy atom. The van der Waals surface area contributed by atoms with E-state index in [1.807, 2.05) is 30.3 Å². The Kier molecular flexibility index (Phi) is 7.48. The summed E-state index contributed by atoms with van der Waals surface area (Å²) in [5.41, 5.74) is 5.69. The van der Waals surface area contributed by atoms with Gasteiger partial charge in [-0.3, -0.25) is 0 Å². The molecular weight excluding hydrogens is 358 g/mol. The van der Waals surface area contributed by atoms with Crippen LogP contribution in [0.1, 0.15) is 37.0 Å². The summed E-state index contributed by atoms with van der Waals surface area (Å²) < 4.78 is 5.82. The smallest absolute Gasteiger partial charge is 0.119 e. The number of allylic oxidation sites excluding steroid dienone is 1. The maximum atomic E-state index is 10.1. The molecule has 3 aromatic rings. The monoisotopic (exact) mass is 387 g/mol. The molecule has 0 heterocycles. The molecule has 3 rings (SSSR count). The molecule has 0 spiro atoms. The lowest BCUT2D eigenvalue weighted by atomic mass is 9.88. The van der Waals surface area contributed by atoms with E-state index in [0.29, 0.717) is 6.61 Å². The highest BCUT2D eigenvalue weighted by Crippen LogP contribution is 2.35. The number of ether oxygens (including phenoxy) is 1. The van der Waals surface area contributed by atoms with E-state index in [1.54, 1.807) is 6.07 Å². The average molecular weight is 388 g/mol. The van der Waals surface area contributed by atoms with Gasteiger partial charge in [0.2, 0.25) is 0 Å². The van der Waals surface area contributed by atoms with Crippen molar-refractivity contribution < 1.29 is 9.84 Å². The zero-order valence-electron chi connectivity index (χ0n) is 17.2. The fourth-order valence-corrected chi connectivity index (χ4v) is 3.48. The second-order valence-corrected chi connectivity index (χ2v) is 6.85. The standard InChI is InChI=1S/C26H29NO2/c1-3-25(20-9-6-5-7-10-20)26(22-11-8-12-23(28)19-22)21-13-15-24(16-14-21)29-18-17-27-4-2/h5-16,19,27-28H,3-4,17-18H2,1-2H3/b26-25-. The molecular formula is C26H29NO2. The summed E-state index contributed by atoms with van der Waals surface area (Å²) >= 11 is 0. The van der Waals surface area contributed by atoms with Crippen molar-refractivity contribution in [2.75, 3.05) is 19.7 Å². The lowest BCUT2D eigenvalue weighted by molar-refractivity contribution is 0.315. The van der Waals surface area contributed by atoms with Crippen LogP contribution in [0.4, 0.5) is 0 Å². The topological polar surface area (TPSA) is 41.5 Å². The molecule has 0 saturated heterocycles. The number of rotatable bonds is 9. The Bertz CT molecular complexity index is 930. The van der Waals surface area contributed by atoms with Crippen molar-refractivity contribution in [2.24, 2.45) is 0 Å². The molecule has 29 heavy (non-hydrogen) atoms. The maximum Gasteiger partial charge on any atom is 0.119 e.